The molecule has 0 aliphatic carbocycles. The molecule has 25 nitrogen and oxygen atoms in total. The zero-order valence-electron chi connectivity index (χ0n) is 62.6. The number of aromatic nitrogens is 2. The number of carbonyl (C=O) groups is 11. The van der Waals surface area contributed by atoms with E-state index < -0.39 is 183 Å². The Kier molecular flexibility index (Phi) is 31.8. The summed E-state index contributed by atoms with van der Waals surface area (Å²) in [5.74, 6) is -12.8. The number of rotatable bonds is 17. The number of anilines is 1. The molecule has 8 amide bonds. The van der Waals surface area contributed by atoms with E-state index in [1.807, 2.05) is 55.4 Å². The minimum Gasteiger partial charge on any atom is -0.390 e. The summed E-state index contributed by atoms with van der Waals surface area (Å²) >= 11 is 0. The van der Waals surface area contributed by atoms with Gasteiger partial charge in [-0.2, -0.15) is 21.6 Å². The summed E-state index contributed by atoms with van der Waals surface area (Å²) in [4.78, 5) is 179. The van der Waals surface area contributed by atoms with Gasteiger partial charge < -0.3 is 49.7 Å². The average Bonchev–Trinajstić information content (AvgIpc) is 1.76. The Hall–Kier alpha value is -7.04. The van der Waals surface area contributed by atoms with E-state index in [1.54, 1.807) is 34.6 Å². The van der Waals surface area contributed by atoms with E-state index in [0.29, 0.717) is 0 Å². The van der Waals surface area contributed by atoms with Gasteiger partial charge in [0.05, 0.1) is 41.5 Å². The van der Waals surface area contributed by atoms with Crippen molar-refractivity contribution in [3.63, 3.8) is 0 Å². The normalized spacial score (nSPS) is 25.3. The number of ketones is 3. The van der Waals surface area contributed by atoms with Gasteiger partial charge in [0.15, 0.2) is 17.3 Å². The van der Waals surface area contributed by atoms with E-state index in [4.69, 9.17) is 0 Å². The highest BCUT2D eigenvalue weighted by Gasteiger charge is 2.48. The van der Waals surface area contributed by atoms with Crippen molar-refractivity contribution >= 4 is 91.4 Å². The van der Waals surface area contributed by atoms with Crippen LogP contribution in [-0.2, 0) is 69.2 Å². The molecule has 0 radical (unpaired) electrons. The Morgan fingerprint density at radius 1 is 0.576 bits per heavy atom. The van der Waals surface area contributed by atoms with Gasteiger partial charge in [-0.25, -0.2) is 4.98 Å². The topological polar surface area (TPSA) is 318 Å². The number of amides is 8. The van der Waals surface area contributed by atoms with Crippen LogP contribution < -0.4 is 10.0 Å². The number of halogens is 3. The Balaban J connectivity index is 2.34. The molecule has 0 saturated carbocycles. The van der Waals surface area contributed by atoms with Crippen LogP contribution in [0.1, 0.15) is 168 Å². The second-order valence-corrected chi connectivity index (χ2v) is 31.6. The molecular weight excluding hydrogens is 1310 g/mol. The van der Waals surface area contributed by atoms with Crippen LogP contribution >= 0.6 is 0 Å². The maximum Gasteiger partial charge on any atom is 0.516 e. The number of hydrogen-bond acceptors (Lipinski definition) is 15. The average molecular weight is 1420 g/mol. The number of likely N-dealkylation sites (N-methyl/N-ethyl adjacent to an activating group) is 7. The fraction of sp³-hybridized carbons (Fsp3) is 0.743. The van der Waals surface area contributed by atoms with Crippen molar-refractivity contribution in [2.75, 3.05) is 60.6 Å². The highest BCUT2D eigenvalue weighted by molar-refractivity contribution is 7.93. The van der Waals surface area contributed by atoms with Crippen LogP contribution in [0.15, 0.2) is 18.2 Å². The molecule has 99 heavy (non-hydrogen) atoms. The van der Waals surface area contributed by atoms with Crippen molar-refractivity contribution < 1.29 is 79.4 Å². The highest BCUT2D eigenvalue weighted by Crippen LogP contribution is 2.32. The number of aliphatic hydroxyl groups excluding tert-OH is 1. The molecule has 1 fully saturated rings. The Morgan fingerprint density at radius 2 is 1.04 bits per heavy atom. The van der Waals surface area contributed by atoms with Gasteiger partial charge in [0.25, 0.3) is 0 Å². The van der Waals surface area contributed by atoms with Gasteiger partial charge in [0.1, 0.15) is 36.0 Å². The predicted octanol–water partition coefficient (Wildman–Crippen LogP) is 6.96. The number of aliphatic hydroxyl groups is 1. The molecule has 1 aliphatic rings. The first-order valence-electron chi connectivity index (χ1n) is 34.5. The van der Waals surface area contributed by atoms with Gasteiger partial charge >= 0.3 is 15.5 Å². The first-order chi connectivity index (χ1) is 45.5. The van der Waals surface area contributed by atoms with Crippen molar-refractivity contribution in [3.05, 3.63) is 24.0 Å². The summed E-state index contributed by atoms with van der Waals surface area (Å²) < 4.78 is 65.4. The lowest BCUT2D eigenvalue weighted by Gasteiger charge is -2.41. The van der Waals surface area contributed by atoms with Crippen LogP contribution in [0.4, 0.5) is 18.9 Å². The smallest absolute Gasteiger partial charge is 0.390 e. The molecule has 1 aromatic carbocycles. The summed E-state index contributed by atoms with van der Waals surface area (Å²) in [6.45, 7) is 27.2. The number of nitrogens with one attached hydrogen (secondary N) is 3. The molecule has 2 heterocycles. The van der Waals surface area contributed by atoms with Gasteiger partial charge in [-0.1, -0.05) is 104 Å². The third-order valence-corrected chi connectivity index (χ3v) is 20.0. The number of imidazole rings is 1. The van der Waals surface area contributed by atoms with Crippen molar-refractivity contribution in [2.24, 2.45) is 59.2 Å². The van der Waals surface area contributed by atoms with E-state index in [0.717, 1.165) is 21.9 Å². The number of hydrogen-bond donors (Lipinski definition) is 4. The second-order valence-electron chi connectivity index (χ2n) is 29.9. The quantitative estimate of drug-likeness (QED) is 0.124. The molecule has 1 saturated heterocycles. The first-order valence-corrected chi connectivity index (χ1v) is 36.0. The second kappa shape index (κ2) is 36.5. The molecule has 3 rings (SSSR count). The minimum atomic E-state index is -5.80. The fourth-order valence-corrected chi connectivity index (χ4v) is 13.4. The molecule has 1 aromatic heterocycles. The van der Waals surface area contributed by atoms with Gasteiger partial charge in [0.2, 0.25) is 47.3 Å². The summed E-state index contributed by atoms with van der Waals surface area (Å²) in [7, 11) is 3.94. The van der Waals surface area contributed by atoms with E-state index in [9.17, 15) is 60.3 Å². The number of H-pyrrole nitrogens is 1. The van der Waals surface area contributed by atoms with Crippen molar-refractivity contribution in [1.29, 1.82) is 0 Å². The number of Topliss-reactive ketones (excluding diaryl/α,β-unsaturated/α-hetero) is 3. The number of carbonyl (C=O) groups excluding carboxylic acids is 11. The molecule has 12 atom stereocenters. The van der Waals surface area contributed by atoms with Gasteiger partial charge in [-0.05, 0) is 98.7 Å². The number of aromatic amines is 1. The molecule has 4 N–H and O–H groups in total. The van der Waals surface area contributed by atoms with Gasteiger partial charge in [-0.15, -0.1) is 0 Å². The Bertz CT molecular complexity index is 3300. The van der Waals surface area contributed by atoms with Crippen molar-refractivity contribution in [2.45, 2.75) is 222 Å². The van der Waals surface area contributed by atoms with E-state index in [-0.39, 0.29) is 91.9 Å². The van der Waals surface area contributed by atoms with Crippen LogP contribution in [0, 0.1) is 59.2 Å². The molecule has 560 valence electrons. The van der Waals surface area contributed by atoms with E-state index in [1.165, 1.54) is 105 Å². The maximum absolute atomic E-state index is 15.5. The van der Waals surface area contributed by atoms with E-state index >= 15 is 19.2 Å². The Labute approximate surface area is 584 Å². The standard InChI is InChI=1S/C70H114F3N11O14S/c1-24-46-33-57(87)61(62(89)43(14)32-58-75-49-26-25-47(34-50(49)76-58)77-99(97,98)70(71,72)73)84(23)69(96)60(42(12)13)83(22)68(95)54(30-40(8)9)82(21)67(94)53(29-39(6)7)81(20)64(91)45(16)74-63(90)44(15)31-55(85)52(28-38(4)5)80(19)66(93)48(41(10)11)35-56(86)51(27-37(2)3)79(18)59(88)36-78(17)65(46)92/h25-26,34,37-46,48,51-54,60-62,77,89H,24,27-33,35-36H2,1-23H3,(H,74,90)(H,75,76)/t43-,44-,45-,46-,48+,51+,52+,53+,54+,60+,61-,62-/m1/s1. The van der Waals surface area contributed by atoms with Crippen LogP contribution in [0.5, 0.6) is 0 Å². The number of nitrogens with zero attached hydrogens (tertiary/aromatic N) is 8. The maximum atomic E-state index is 15.5. The molecule has 1 aliphatic heterocycles. The SMILES string of the molecule is CC[C@@H]1CC(=O)[C@H]([C@H](O)[C@H](C)Cc2nc3ccc(NS(=O)(=O)C(F)(F)F)cc3[nH]2)N(C)C(=O)[C@H](C(C)C)N(C)C(=O)[C@H](CC(C)C)N(C)C(=O)[C@H](CC(C)C)N(C)C(=O)[C@@H](C)NC(=O)[C@H](C)CC(=O)[C@H](CC(C)C)N(C)C(=O)[C@H](C(C)C)CC(=O)[C@H](CC(C)C)N(C)C(=O)CN(C)C1=O. The summed E-state index contributed by atoms with van der Waals surface area (Å²) in [6.07, 6.45) is -2.64. The third-order valence-electron chi connectivity index (χ3n) is 18.9. The summed E-state index contributed by atoms with van der Waals surface area (Å²) in [5.41, 5.74) is -5.76. The third kappa shape index (κ3) is 22.7. The van der Waals surface area contributed by atoms with E-state index in [2.05, 4.69) is 15.3 Å². The molecule has 29 heteroatoms. The fourth-order valence-electron chi connectivity index (χ4n) is 12.9. The summed E-state index contributed by atoms with van der Waals surface area (Å²) in [6, 6.07) is -5.53. The lowest BCUT2D eigenvalue weighted by molar-refractivity contribution is -0.157. The van der Waals surface area contributed by atoms with Crippen molar-refractivity contribution in [3.8, 4) is 0 Å². The van der Waals surface area contributed by atoms with Crippen molar-refractivity contribution in [1.82, 2.24) is 49.6 Å². The largest absolute Gasteiger partial charge is 0.516 e. The Morgan fingerprint density at radius 3 is 1.53 bits per heavy atom. The zero-order chi connectivity index (χ0) is 76.1. The molecule has 0 spiro atoms. The van der Waals surface area contributed by atoms with Crippen LogP contribution in [0.2, 0.25) is 0 Å². The lowest BCUT2D eigenvalue weighted by atomic mass is 9.84. The number of sulfonamides is 1. The zero-order valence-corrected chi connectivity index (χ0v) is 63.4. The number of fused-ring (bicyclic) bond motifs is 1. The predicted molar refractivity (Wildman–Crippen MR) is 371 cm³/mol. The minimum absolute atomic E-state index is 0.0105. The lowest BCUT2D eigenvalue weighted by Crippen LogP contribution is -2.62. The van der Waals surface area contributed by atoms with Gasteiger partial charge in [-0.3, -0.25) is 57.5 Å². The first kappa shape index (κ1) is 86.2. The highest BCUT2D eigenvalue weighted by atomic mass is 32.2. The monoisotopic (exact) mass is 1420 g/mol. The molecule has 2 aromatic rings. The van der Waals surface area contributed by atoms with Crippen LogP contribution in [0.3, 0.4) is 0 Å². The molecule has 0 unspecified atom stereocenters. The molecular formula is C70H114F3N11O14S. The number of alkyl halides is 3. The molecule has 0 bridgehead atoms. The van der Waals surface area contributed by atoms with Gasteiger partial charge in [0, 0.05) is 92.8 Å². The summed E-state index contributed by atoms with van der Waals surface area (Å²) in [5, 5.41) is 15.3. The van der Waals surface area contributed by atoms with Crippen LogP contribution in [-0.4, -0.2) is 232 Å². The number of benzene rings is 1. The van der Waals surface area contributed by atoms with Crippen LogP contribution in [0.25, 0.3) is 11.0 Å².